The molecule has 0 saturated heterocycles. The molecule has 0 radical (unpaired) electrons. The topological polar surface area (TPSA) is 9.23 Å². The summed E-state index contributed by atoms with van der Waals surface area (Å²) in [6.07, 6.45) is 18.9. The van der Waals surface area contributed by atoms with Gasteiger partial charge in [0.25, 0.3) is 0 Å². The highest BCUT2D eigenvalue weighted by molar-refractivity contribution is 4.91. The zero-order valence-electron chi connectivity index (χ0n) is 14.4. The monoisotopic (exact) mass is 292 g/mol. The average Bonchev–Trinajstić information content (AvgIpc) is 2.54. The van der Waals surface area contributed by atoms with Crippen molar-refractivity contribution in [3.05, 3.63) is 12.2 Å². The molecule has 1 heteroatoms. The predicted molar refractivity (Wildman–Crippen MR) is 91.4 cm³/mol. The van der Waals surface area contributed by atoms with Gasteiger partial charge < -0.3 is 4.74 Å². The van der Waals surface area contributed by atoms with Crippen LogP contribution in [0.1, 0.15) is 78.1 Å². The SMILES string of the molecule is CCC=C[C@H]1CC[C@H]([C@H]2CC[C@H](COCCC)CC2)CC1. The maximum atomic E-state index is 5.75. The molecule has 0 heterocycles. The van der Waals surface area contributed by atoms with E-state index in [9.17, 15) is 0 Å². The maximum Gasteiger partial charge on any atom is 0.0494 e. The maximum absolute atomic E-state index is 5.75. The third-order valence-electron chi connectivity index (χ3n) is 5.72. The van der Waals surface area contributed by atoms with Crippen molar-refractivity contribution in [3.63, 3.8) is 0 Å². The van der Waals surface area contributed by atoms with E-state index in [2.05, 4.69) is 26.0 Å². The van der Waals surface area contributed by atoms with E-state index in [0.29, 0.717) is 0 Å². The molecule has 0 unspecified atom stereocenters. The van der Waals surface area contributed by atoms with Gasteiger partial charge in [-0.2, -0.15) is 0 Å². The molecule has 0 N–H and O–H groups in total. The molecule has 1 nitrogen and oxygen atoms in total. The standard InChI is InChI=1S/C20H36O/c1-3-5-6-17-7-11-19(12-8-17)20-13-9-18(10-14-20)16-21-15-4-2/h5-6,17-20H,3-4,7-16H2,1-2H3/t17-,18-,19-,20-. The molecule has 0 aromatic heterocycles. The zero-order valence-corrected chi connectivity index (χ0v) is 14.4. The summed E-state index contributed by atoms with van der Waals surface area (Å²) in [4.78, 5) is 0. The van der Waals surface area contributed by atoms with Crippen LogP contribution in [0.25, 0.3) is 0 Å². The fourth-order valence-corrected chi connectivity index (χ4v) is 4.36. The summed E-state index contributed by atoms with van der Waals surface area (Å²) in [5, 5.41) is 0. The van der Waals surface area contributed by atoms with Crippen LogP contribution in [0.5, 0.6) is 0 Å². The minimum absolute atomic E-state index is 0.858. The molecular weight excluding hydrogens is 256 g/mol. The Hall–Kier alpha value is -0.300. The second kappa shape index (κ2) is 9.66. The first-order chi connectivity index (χ1) is 10.3. The zero-order chi connectivity index (χ0) is 14.9. The molecule has 0 spiro atoms. The highest BCUT2D eigenvalue weighted by atomic mass is 16.5. The third kappa shape index (κ3) is 5.77. The number of rotatable bonds is 7. The van der Waals surface area contributed by atoms with Crippen molar-refractivity contribution in [1.29, 1.82) is 0 Å². The number of hydrogen-bond donors (Lipinski definition) is 0. The lowest BCUT2D eigenvalue weighted by molar-refractivity contribution is 0.0662. The Labute approximate surface area is 132 Å². The van der Waals surface area contributed by atoms with Crippen LogP contribution in [0.15, 0.2) is 12.2 Å². The average molecular weight is 293 g/mol. The molecule has 2 saturated carbocycles. The summed E-state index contributed by atoms with van der Waals surface area (Å²) in [7, 11) is 0. The first kappa shape index (κ1) is 17.1. The van der Waals surface area contributed by atoms with Crippen molar-refractivity contribution in [2.24, 2.45) is 23.7 Å². The van der Waals surface area contributed by atoms with Crippen molar-refractivity contribution in [2.75, 3.05) is 13.2 Å². The molecule has 0 aliphatic heterocycles. The van der Waals surface area contributed by atoms with E-state index >= 15 is 0 Å². The number of ether oxygens (including phenoxy) is 1. The largest absolute Gasteiger partial charge is 0.381 e. The fourth-order valence-electron chi connectivity index (χ4n) is 4.36. The normalized spacial score (nSPS) is 34.4. The molecule has 21 heavy (non-hydrogen) atoms. The number of allylic oxidation sites excluding steroid dienone is 2. The highest BCUT2D eigenvalue weighted by Gasteiger charge is 2.30. The Bertz CT molecular complexity index is 280. The van der Waals surface area contributed by atoms with Gasteiger partial charge in [-0.05, 0) is 87.9 Å². The first-order valence-electron chi connectivity index (χ1n) is 9.57. The van der Waals surface area contributed by atoms with Crippen LogP contribution in [-0.2, 0) is 4.74 Å². The summed E-state index contributed by atoms with van der Waals surface area (Å²) >= 11 is 0. The lowest BCUT2D eigenvalue weighted by Gasteiger charge is -2.37. The predicted octanol–water partition coefficient (Wildman–Crippen LogP) is 5.99. The van der Waals surface area contributed by atoms with Crippen molar-refractivity contribution < 1.29 is 4.74 Å². The lowest BCUT2D eigenvalue weighted by atomic mass is 9.69. The van der Waals surface area contributed by atoms with Gasteiger partial charge in [0.05, 0.1) is 0 Å². The van der Waals surface area contributed by atoms with Crippen LogP contribution in [-0.4, -0.2) is 13.2 Å². The van der Waals surface area contributed by atoms with Crippen LogP contribution in [0.3, 0.4) is 0 Å². The van der Waals surface area contributed by atoms with Crippen molar-refractivity contribution >= 4 is 0 Å². The van der Waals surface area contributed by atoms with E-state index in [1.807, 2.05) is 0 Å². The van der Waals surface area contributed by atoms with Crippen molar-refractivity contribution in [3.8, 4) is 0 Å². The highest BCUT2D eigenvalue weighted by Crippen LogP contribution is 2.41. The molecule has 2 aliphatic carbocycles. The minimum Gasteiger partial charge on any atom is -0.381 e. The van der Waals surface area contributed by atoms with Gasteiger partial charge >= 0.3 is 0 Å². The summed E-state index contributed by atoms with van der Waals surface area (Å²) in [6.45, 7) is 6.41. The molecule has 122 valence electrons. The molecular formula is C20H36O. The second-order valence-electron chi connectivity index (χ2n) is 7.37. The Kier molecular flexibility index (Phi) is 7.85. The third-order valence-corrected chi connectivity index (χ3v) is 5.72. The Morgan fingerprint density at radius 1 is 0.857 bits per heavy atom. The molecule has 2 rings (SSSR count). The van der Waals surface area contributed by atoms with Crippen molar-refractivity contribution in [1.82, 2.24) is 0 Å². The molecule has 2 fully saturated rings. The second-order valence-corrected chi connectivity index (χ2v) is 7.37. The lowest BCUT2D eigenvalue weighted by Crippen LogP contribution is -2.26. The molecule has 2 aliphatic rings. The van der Waals surface area contributed by atoms with E-state index in [1.54, 1.807) is 0 Å². The van der Waals surface area contributed by atoms with Gasteiger partial charge in [-0.3, -0.25) is 0 Å². The van der Waals surface area contributed by atoms with E-state index in [1.165, 1.54) is 57.8 Å². The summed E-state index contributed by atoms with van der Waals surface area (Å²) in [6, 6.07) is 0. The van der Waals surface area contributed by atoms with Gasteiger partial charge in [0.2, 0.25) is 0 Å². The van der Waals surface area contributed by atoms with Crippen LogP contribution in [0.4, 0.5) is 0 Å². The van der Waals surface area contributed by atoms with Gasteiger partial charge in [0.1, 0.15) is 0 Å². The summed E-state index contributed by atoms with van der Waals surface area (Å²) in [5.41, 5.74) is 0. The minimum atomic E-state index is 0.858. The van der Waals surface area contributed by atoms with E-state index in [-0.39, 0.29) is 0 Å². The van der Waals surface area contributed by atoms with Crippen molar-refractivity contribution in [2.45, 2.75) is 78.1 Å². The van der Waals surface area contributed by atoms with Gasteiger partial charge in [0.15, 0.2) is 0 Å². The number of hydrogen-bond acceptors (Lipinski definition) is 1. The van der Waals surface area contributed by atoms with E-state index < -0.39 is 0 Å². The van der Waals surface area contributed by atoms with Gasteiger partial charge in [0, 0.05) is 13.2 Å². The Morgan fingerprint density at radius 2 is 1.48 bits per heavy atom. The molecule has 0 bridgehead atoms. The first-order valence-corrected chi connectivity index (χ1v) is 9.57. The summed E-state index contributed by atoms with van der Waals surface area (Å²) in [5.74, 6) is 3.81. The van der Waals surface area contributed by atoms with Crippen LogP contribution < -0.4 is 0 Å². The smallest absolute Gasteiger partial charge is 0.0494 e. The fraction of sp³-hybridized carbons (Fsp3) is 0.900. The quantitative estimate of drug-likeness (QED) is 0.413. The van der Waals surface area contributed by atoms with Gasteiger partial charge in [-0.1, -0.05) is 26.0 Å². The summed E-state index contributed by atoms with van der Waals surface area (Å²) < 4.78 is 5.75. The van der Waals surface area contributed by atoms with Crippen LogP contribution in [0.2, 0.25) is 0 Å². The van der Waals surface area contributed by atoms with E-state index in [4.69, 9.17) is 4.74 Å². The molecule has 0 aromatic rings. The van der Waals surface area contributed by atoms with Crippen LogP contribution in [0, 0.1) is 23.7 Å². The Balaban J connectivity index is 1.63. The Morgan fingerprint density at radius 3 is 2.05 bits per heavy atom. The van der Waals surface area contributed by atoms with Gasteiger partial charge in [-0.15, -0.1) is 0 Å². The molecule has 0 amide bonds. The van der Waals surface area contributed by atoms with E-state index in [0.717, 1.165) is 43.3 Å². The molecule has 0 atom stereocenters. The molecule has 0 aromatic carbocycles. The van der Waals surface area contributed by atoms with Gasteiger partial charge in [-0.25, -0.2) is 0 Å². The van der Waals surface area contributed by atoms with Crippen LogP contribution >= 0.6 is 0 Å².